The fourth-order valence-corrected chi connectivity index (χ4v) is 5.66. The van der Waals surface area contributed by atoms with Crippen LogP contribution in [0.1, 0.15) is 78.8 Å². The molecule has 0 spiro atoms. The molecule has 1 aliphatic rings. The number of alkyl halides is 1. The molecule has 0 aliphatic heterocycles. The van der Waals surface area contributed by atoms with Crippen molar-refractivity contribution in [2.45, 2.75) is 82.1 Å². The van der Waals surface area contributed by atoms with Crippen molar-refractivity contribution in [3.05, 3.63) is 21.9 Å². The minimum atomic E-state index is -0.859. The molecule has 4 nitrogen and oxygen atoms in total. The molecule has 0 amide bonds. The number of hydrogen-bond donors (Lipinski definition) is 3. The molecule has 27 heavy (non-hydrogen) atoms. The second kappa shape index (κ2) is 12.1. The van der Waals surface area contributed by atoms with Crippen LogP contribution in [0.5, 0.6) is 0 Å². The Morgan fingerprint density at radius 2 is 1.70 bits per heavy atom. The van der Waals surface area contributed by atoms with Crippen LogP contribution >= 0.6 is 22.9 Å². The fourth-order valence-electron chi connectivity index (χ4n) is 4.27. The summed E-state index contributed by atoms with van der Waals surface area (Å²) in [5.41, 5.74) is 0. The molecule has 1 aromatic rings. The molecular weight excluding hydrogens is 384 g/mol. The maximum Gasteiger partial charge on any atom is 0.345 e. The summed E-state index contributed by atoms with van der Waals surface area (Å²) >= 11 is 7.89. The van der Waals surface area contributed by atoms with E-state index in [0.717, 1.165) is 49.8 Å². The standard InChI is InChI=1S/C21H33ClO4S/c22-18-14-19(24)17(9-5-3-1-2-4-6-13-23)16(18)10-7-8-15-11-12-20(27-15)21(25)26/h11-12,16-19,23-24H,1-10,13-14H2,(H,25,26)/t16?,17-,18-,19-/m1/s1. The van der Waals surface area contributed by atoms with Crippen LogP contribution < -0.4 is 0 Å². The van der Waals surface area contributed by atoms with E-state index < -0.39 is 5.97 Å². The van der Waals surface area contributed by atoms with Crippen molar-refractivity contribution in [1.29, 1.82) is 0 Å². The highest BCUT2D eigenvalue weighted by Crippen LogP contribution is 2.42. The van der Waals surface area contributed by atoms with Crippen molar-refractivity contribution in [2.24, 2.45) is 11.8 Å². The minimum Gasteiger partial charge on any atom is -0.477 e. The van der Waals surface area contributed by atoms with Gasteiger partial charge in [-0.1, -0.05) is 32.1 Å². The smallest absolute Gasteiger partial charge is 0.345 e. The number of rotatable bonds is 13. The molecule has 1 fully saturated rings. The number of thiophene rings is 1. The van der Waals surface area contributed by atoms with Crippen LogP contribution in [-0.2, 0) is 6.42 Å². The molecule has 1 unspecified atom stereocenters. The van der Waals surface area contributed by atoms with Crippen LogP contribution in [0.15, 0.2) is 12.1 Å². The van der Waals surface area contributed by atoms with Crippen molar-refractivity contribution in [2.75, 3.05) is 6.61 Å². The predicted molar refractivity (Wildman–Crippen MR) is 111 cm³/mol. The highest BCUT2D eigenvalue weighted by atomic mass is 35.5. The van der Waals surface area contributed by atoms with Gasteiger partial charge in [-0.3, -0.25) is 0 Å². The maximum absolute atomic E-state index is 11.0. The first-order chi connectivity index (χ1) is 13.0. The Balaban J connectivity index is 1.71. The lowest BCUT2D eigenvalue weighted by Crippen LogP contribution is -2.21. The average Bonchev–Trinajstić information content (AvgIpc) is 3.20. The van der Waals surface area contributed by atoms with E-state index in [-0.39, 0.29) is 18.1 Å². The van der Waals surface area contributed by atoms with Crippen LogP contribution in [0.3, 0.4) is 0 Å². The van der Waals surface area contributed by atoms with Gasteiger partial charge < -0.3 is 15.3 Å². The zero-order chi connectivity index (χ0) is 19.6. The van der Waals surface area contributed by atoms with Crippen LogP contribution in [0.25, 0.3) is 0 Å². The van der Waals surface area contributed by atoms with Crippen LogP contribution in [-0.4, -0.2) is 39.4 Å². The molecule has 0 bridgehead atoms. The molecule has 0 radical (unpaired) electrons. The predicted octanol–water partition coefficient (Wildman–Crippen LogP) is 5.10. The number of halogens is 1. The number of aliphatic hydroxyl groups is 2. The molecule has 1 aromatic heterocycles. The monoisotopic (exact) mass is 416 g/mol. The van der Waals surface area contributed by atoms with E-state index in [1.807, 2.05) is 6.07 Å². The number of aliphatic hydroxyl groups excluding tert-OH is 2. The Morgan fingerprint density at radius 3 is 2.37 bits per heavy atom. The van der Waals surface area contributed by atoms with Crippen LogP contribution in [0.2, 0.25) is 0 Å². The number of aryl methyl sites for hydroxylation is 1. The minimum absolute atomic E-state index is 0.0486. The van der Waals surface area contributed by atoms with Crippen molar-refractivity contribution in [1.82, 2.24) is 0 Å². The van der Waals surface area contributed by atoms with E-state index in [4.69, 9.17) is 21.8 Å². The summed E-state index contributed by atoms with van der Waals surface area (Å²) in [6.07, 6.45) is 11.0. The summed E-state index contributed by atoms with van der Waals surface area (Å²) in [5, 5.41) is 28.3. The lowest BCUT2D eigenvalue weighted by Gasteiger charge is -2.23. The summed E-state index contributed by atoms with van der Waals surface area (Å²) in [4.78, 5) is 12.5. The second-order valence-electron chi connectivity index (χ2n) is 7.74. The molecule has 1 heterocycles. The first kappa shape index (κ1) is 22.7. The van der Waals surface area contributed by atoms with E-state index >= 15 is 0 Å². The van der Waals surface area contributed by atoms with Crippen LogP contribution in [0.4, 0.5) is 0 Å². The summed E-state index contributed by atoms with van der Waals surface area (Å²) in [6, 6.07) is 3.58. The Kier molecular flexibility index (Phi) is 10.1. The molecule has 0 aromatic carbocycles. The lowest BCUT2D eigenvalue weighted by atomic mass is 9.85. The maximum atomic E-state index is 11.0. The first-order valence-corrected chi connectivity index (χ1v) is 11.5. The molecule has 1 aliphatic carbocycles. The van der Waals surface area contributed by atoms with E-state index in [0.29, 0.717) is 23.1 Å². The number of carboxylic acids is 1. The Bertz CT molecular complexity index is 562. The molecule has 6 heteroatoms. The first-order valence-electron chi connectivity index (χ1n) is 10.3. The highest BCUT2D eigenvalue weighted by molar-refractivity contribution is 7.13. The lowest BCUT2D eigenvalue weighted by molar-refractivity contribution is 0.0702. The quantitative estimate of drug-likeness (QED) is 0.309. The van der Waals surface area contributed by atoms with E-state index in [1.165, 1.54) is 30.6 Å². The summed E-state index contributed by atoms with van der Waals surface area (Å²) < 4.78 is 0. The third kappa shape index (κ3) is 7.37. The van der Waals surface area contributed by atoms with Gasteiger partial charge in [0.2, 0.25) is 0 Å². The zero-order valence-corrected chi connectivity index (χ0v) is 17.6. The van der Waals surface area contributed by atoms with Gasteiger partial charge in [-0.2, -0.15) is 0 Å². The molecule has 3 N–H and O–H groups in total. The Hall–Kier alpha value is -0.620. The number of carbonyl (C=O) groups is 1. The fraction of sp³-hybridized carbons (Fsp3) is 0.762. The van der Waals surface area contributed by atoms with E-state index in [1.54, 1.807) is 6.07 Å². The van der Waals surface area contributed by atoms with E-state index in [2.05, 4.69) is 0 Å². The topological polar surface area (TPSA) is 77.8 Å². The largest absolute Gasteiger partial charge is 0.477 e. The van der Waals surface area contributed by atoms with Gasteiger partial charge in [0.25, 0.3) is 0 Å². The Morgan fingerprint density at radius 1 is 1.04 bits per heavy atom. The van der Waals surface area contributed by atoms with Crippen molar-refractivity contribution in [3.63, 3.8) is 0 Å². The summed E-state index contributed by atoms with van der Waals surface area (Å²) in [6.45, 7) is 0.288. The molecule has 4 atom stereocenters. The average molecular weight is 417 g/mol. The third-order valence-corrected chi connectivity index (χ3v) is 7.39. The van der Waals surface area contributed by atoms with Crippen molar-refractivity contribution < 1.29 is 20.1 Å². The number of carboxylic acid groups (broad SMARTS) is 1. The molecule has 1 saturated carbocycles. The highest BCUT2D eigenvalue weighted by Gasteiger charge is 2.40. The van der Waals surface area contributed by atoms with Gasteiger partial charge in [-0.05, 0) is 62.5 Å². The van der Waals surface area contributed by atoms with Gasteiger partial charge in [0.15, 0.2) is 0 Å². The van der Waals surface area contributed by atoms with Gasteiger partial charge >= 0.3 is 5.97 Å². The second-order valence-corrected chi connectivity index (χ2v) is 9.47. The normalized spacial score (nSPS) is 25.1. The Labute approximate surface area is 171 Å². The number of unbranched alkanes of at least 4 members (excludes halogenated alkanes) is 5. The molecule has 0 saturated heterocycles. The van der Waals surface area contributed by atoms with Gasteiger partial charge in [0.05, 0.1) is 6.10 Å². The van der Waals surface area contributed by atoms with Crippen molar-refractivity contribution in [3.8, 4) is 0 Å². The summed E-state index contributed by atoms with van der Waals surface area (Å²) in [5.74, 6) is -0.208. The molecule has 154 valence electrons. The van der Waals surface area contributed by atoms with Gasteiger partial charge in [0.1, 0.15) is 4.88 Å². The number of aromatic carboxylic acids is 1. The summed E-state index contributed by atoms with van der Waals surface area (Å²) in [7, 11) is 0. The zero-order valence-electron chi connectivity index (χ0n) is 16.0. The molecule has 2 rings (SSSR count). The SMILES string of the molecule is O=C(O)c1ccc(CCCC2[C@H](Cl)C[C@@H](O)[C@@H]2CCCCCCCCO)s1. The van der Waals surface area contributed by atoms with E-state index in [9.17, 15) is 9.90 Å². The van der Waals surface area contributed by atoms with Crippen LogP contribution in [0, 0.1) is 11.8 Å². The third-order valence-electron chi connectivity index (χ3n) is 5.75. The van der Waals surface area contributed by atoms with Crippen molar-refractivity contribution >= 4 is 28.9 Å². The number of hydrogen-bond acceptors (Lipinski definition) is 4. The van der Waals surface area contributed by atoms with Gasteiger partial charge in [0, 0.05) is 16.9 Å². The van der Waals surface area contributed by atoms with Gasteiger partial charge in [-0.15, -0.1) is 22.9 Å². The molecular formula is C21H33ClO4S. The van der Waals surface area contributed by atoms with Gasteiger partial charge in [-0.25, -0.2) is 4.79 Å².